The fraction of sp³-hybridized carbons (Fsp3) is 0.750. The molecular formula is C8H12N2O. The molecule has 0 aliphatic rings. The van der Waals surface area contributed by atoms with Gasteiger partial charge in [-0.15, -0.1) is 0 Å². The Morgan fingerprint density at radius 1 is 1.27 bits per heavy atom. The van der Waals surface area contributed by atoms with Crippen molar-refractivity contribution >= 4 is 0 Å². The van der Waals surface area contributed by atoms with E-state index in [9.17, 15) is 5.11 Å². The van der Waals surface area contributed by atoms with Gasteiger partial charge in [0.25, 0.3) is 0 Å². The first-order valence-electron chi connectivity index (χ1n) is 3.38. The van der Waals surface area contributed by atoms with Crippen molar-refractivity contribution in [2.75, 3.05) is 0 Å². The van der Waals surface area contributed by atoms with Crippen molar-refractivity contribution in [3.05, 3.63) is 0 Å². The van der Waals surface area contributed by atoms with Crippen LogP contribution < -0.4 is 0 Å². The molecule has 0 aromatic heterocycles. The van der Waals surface area contributed by atoms with E-state index in [1.807, 2.05) is 0 Å². The van der Waals surface area contributed by atoms with Crippen LogP contribution in [0, 0.1) is 28.1 Å². The SMILES string of the molecule is CC(C)(C)C(O)(C#N)CC#N. The molecule has 1 unspecified atom stereocenters. The lowest BCUT2D eigenvalue weighted by atomic mass is 9.76. The summed E-state index contributed by atoms with van der Waals surface area (Å²) >= 11 is 0. The van der Waals surface area contributed by atoms with Crippen LogP contribution in [-0.2, 0) is 0 Å². The van der Waals surface area contributed by atoms with Gasteiger partial charge in [-0.05, 0) is 0 Å². The maximum atomic E-state index is 9.57. The summed E-state index contributed by atoms with van der Waals surface area (Å²) in [4.78, 5) is 0. The van der Waals surface area contributed by atoms with E-state index in [0.717, 1.165) is 0 Å². The monoisotopic (exact) mass is 152 g/mol. The maximum absolute atomic E-state index is 9.57. The number of hydrogen-bond donors (Lipinski definition) is 1. The Kier molecular flexibility index (Phi) is 2.62. The minimum absolute atomic E-state index is 0.146. The van der Waals surface area contributed by atoms with Gasteiger partial charge in [-0.25, -0.2) is 0 Å². The summed E-state index contributed by atoms with van der Waals surface area (Å²) in [6, 6.07) is 3.55. The Balaban J connectivity index is 4.68. The zero-order valence-corrected chi connectivity index (χ0v) is 7.05. The molecule has 3 nitrogen and oxygen atoms in total. The molecule has 0 heterocycles. The molecule has 60 valence electrons. The van der Waals surface area contributed by atoms with Crippen molar-refractivity contribution in [3.63, 3.8) is 0 Å². The summed E-state index contributed by atoms with van der Waals surface area (Å²) in [5.74, 6) is 0. The van der Waals surface area contributed by atoms with E-state index in [1.54, 1.807) is 32.9 Å². The lowest BCUT2D eigenvalue weighted by Crippen LogP contribution is -2.40. The number of aliphatic hydroxyl groups is 1. The molecule has 0 fully saturated rings. The average Bonchev–Trinajstić information content (AvgIpc) is 1.86. The summed E-state index contributed by atoms with van der Waals surface area (Å²) in [5.41, 5.74) is -2.10. The molecule has 0 aromatic carbocycles. The Bertz CT molecular complexity index is 216. The van der Waals surface area contributed by atoms with E-state index in [2.05, 4.69) is 0 Å². The zero-order valence-electron chi connectivity index (χ0n) is 7.05. The van der Waals surface area contributed by atoms with Crippen LogP contribution in [0.4, 0.5) is 0 Å². The highest BCUT2D eigenvalue weighted by atomic mass is 16.3. The van der Waals surface area contributed by atoms with Crippen molar-refractivity contribution < 1.29 is 5.11 Å². The first kappa shape index (κ1) is 9.94. The predicted molar refractivity (Wildman–Crippen MR) is 40.2 cm³/mol. The molecule has 0 spiro atoms. The third-order valence-corrected chi connectivity index (χ3v) is 1.76. The fourth-order valence-corrected chi connectivity index (χ4v) is 0.587. The second-order valence-electron chi connectivity index (χ2n) is 3.56. The van der Waals surface area contributed by atoms with Gasteiger partial charge in [0, 0.05) is 5.41 Å². The lowest BCUT2D eigenvalue weighted by molar-refractivity contribution is -0.00208. The number of nitriles is 2. The van der Waals surface area contributed by atoms with Crippen LogP contribution in [0.15, 0.2) is 0 Å². The Morgan fingerprint density at radius 3 is 1.82 bits per heavy atom. The van der Waals surface area contributed by atoms with E-state index in [-0.39, 0.29) is 6.42 Å². The standard InChI is InChI=1S/C8H12N2O/c1-7(2,3)8(11,6-10)4-5-9/h11H,4H2,1-3H3. The number of rotatable bonds is 1. The molecule has 0 rings (SSSR count). The van der Waals surface area contributed by atoms with Crippen molar-refractivity contribution in [1.29, 1.82) is 10.5 Å². The second kappa shape index (κ2) is 2.90. The molecule has 0 saturated carbocycles. The minimum Gasteiger partial charge on any atom is -0.374 e. The first-order valence-corrected chi connectivity index (χ1v) is 3.38. The van der Waals surface area contributed by atoms with Crippen LogP contribution in [0.2, 0.25) is 0 Å². The van der Waals surface area contributed by atoms with Gasteiger partial charge in [-0.3, -0.25) is 0 Å². The molecule has 0 amide bonds. The van der Waals surface area contributed by atoms with Crippen LogP contribution in [0.25, 0.3) is 0 Å². The summed E-state index contributed by atoms with van der Waals surface area (Å²) in [7, 11) is 0. The molecule has 0 aliphatic heterocycles. The van der Waals surface area contributed by atoms with Crippen LogP contribution >= 0.6 is 0 Å². The van der Waals surface area contributed by atoms with E-state index in [0.29, 0.717) is 0 Å². The Morgan fingerprint density at radius 2 is 1.73 bits per heavy atom. The van der Waals surface area contributed by atoms with Crippen LogP contribution in [0.3, 0.4) is 0 Å². The summed E-state index contributed by atoms with van der Waals surface area (Å²) < 4.78 is 0. The van der Waals surface area contributed by atoms with Gasteiger partial charge in [0.15, 0.2) is 5.60 Å². The summed E-state index contributed by atoms with van der Waals surface area (Å²) in [5, 5.41) is 26.5. The summed E-state index contributed by atoms with van der Waals surface area (Å²) in [6.45, 7) is 5.19. The Labute approximate surface area is 66.9 Å². The highest BCUT2D eigenvalue weighted by Gasteiger charge is 2.40. The minimum atomic E-state index is -1.53. The molecule has 0 saturated heterocycles. The van der Waals surface area contributed by atoms with Gasteiger partial charge in [-0.2, -0.15) is 10.5 Å². The third-order valence-electron chi connectivity index (χ3n) is 1.76. The highest BCUT2D eigenvalue weighted by molar-refractivity contribution is 5.11. The molecule has 0 radical (unpaired) electrons. The van der Waals surface area contributed by atoms with Crippen molar-refractivity contribution in [3.8, 4) is 12.1 Å². The molecular weight excluding hydrogens is 140 g/mol. The smallest absolute Gasteiger partial charge is 0.168 e. The van der Waals surface area contributed by atoms with Gasteiger partial charge in [0.05, 0.1) is 18.6 Å². The van der Waals surface area contributed by atoms with Crippen LogP contribution in [0.1, 0.15) is 27.2 Å². The lowest BCUT2D eigenvalue weighted by Gasteiger charge is -2.31. The van der Waals surface area contributed by atoms with Crippen LogP contribution in [0.5, 0.6) is 0 Å². The Hall–Kier alpha value is -1.06. The van der Waals surface area contributed by atoms with Gasteiger partial charge in [-0.1, -0.05) is 20.8 Å². The molecule has 3 heteroatoms. The maximum Gasteiger partial charge on any atom is 0.168 e. The topological polar surface area (TPSA) is 67.8 Å². The third kappa shape index (κ3) is 1.93. The highest BCUT2D eigenvalue weighted by Crippen LogP contribution is 2.31. The van der Waals surface area contributed by atoms with E-state index < -0.39 is 11.0 Å². The fourth-order valence-electron chi connectivity index (χ4n) is 0.587. The van der Waals surface area contributed by atoms with Gasteiger partial charge in [0.2, 0.25) is 0 Å². The predicted octanol–water partition coefficient (Wildman–Crippen LogP) is 1.20. The molecule has 0 bridgehead atoms. The van der Waals surface area contributed by atoms with E-state index in [1.165, 1.54) is 0 Å². The molecule has 0 aromatic rings. The number of nitrogens with zero attached hydrogens (tertiary/aromatic N) is 2. The van der Waals surface area contributed by atoms with E-state index >= 15 is 0 Å². The molecule has 0 aliphatic carbocycles. The first-order chi connectivity index (χ1) is 4.87. The summed E-state index contributed by atoms with van der Waals surface area (Å²) in [6.07, 6.45) is -0.146. The van der Waals surface area contributed by atoms with Crippen LogP contribution in [-0.4, -0.2) is 10.7 Å². The molecule has 1 N–H and O–H groups in total. The van der Waals surface area contributed by atoms with Crippen molar-refractivity contribution in [2.45, 2.75) is 32.8 Å². The zero-order chi connectivity index (χ0) is 9.12. The van der Waals surface area contributed by atoms with E-state index in [4.69, 9.17) is 10.5 Å². The van der Waals surface area contributed by atoms with Gasteiger partial charge < -0.3 is 5.11 Å². The van der Waals surface area contributed by atoms with Gasteiger partial charge >= 0.3 is 0 Å². The largest absolute Gasteiger partial charge is 0.374 e. The van der Waals surface area contributed by atoms with Crippen molar-refractivity contribution in [2.24, 2.45) is 5.41 Å². The quantitative estimate of drug-likeness (QED) is 0.574. The average molecular weight is 152 g/mol. The second-order valence-corrected chi connectivity index (χ2v) is 3.56. The normalized spacial score (nSPS) is 16.2. The number of hydrogen-bond acceptors (Lipinski definition) is 3. The van der Waals surface area contributed by atoms with Crippen molar-refractivity contribution in [1.82, 2.24) is 0 Å². The van der Waals surface area contributed by atoms with Gasteiger partial charge in [0.1, 0.15) is 0 Å². The molecule has 11 heavy (non-hydrogen) atoms. The molecule has 1 atom stereocenters.